The first-order valence-electron chi connectivity index (χ1n) is 15.7. The van der Waals surface area contributed by atoms with Crippen molar-refractivity contribution in [3.8, 4) is 0 Å². The first kappa shape index (κ1) is 32.3. The Morgan fingerprint density at radius 1 is 1.00 bits per heavy atom. The van der Waals surface area contributed by atoms with Crippen LogP contribution in [0.4, 0.5) is 5.69 Å². The number of anilines is 1. The molecular formula is C34H49ClN2O3S. The van der Waals surface area contributed by atoms with Crippen molar-refractivity contribution in [1.82, 2.24) is 4.90 Å². The van der Waals surface area contributed by atoms with Gasteiger partial charge in [-0.2, -0.15) is 12.6 Å². The number of aliphatic hydroxyl groups excluding tert-OH is 1. The molecule has 7 heteroatoms. The zero-order valence-electron chi connectivity index (χ0n) is 24.6. The summed E-state index contributed by atoms with van der Waals surface area (Å²) in [7, 11) is 2.22. The number of amides is 1. The van der Waals surface area contributed by atoms with E-state index >= 15 is 0 Å². The molecule has 0 radical (unpaired) electrons. The van der Waals surface area contributed by atoms with Crippen LogP contribution < -0.4 is 5.32 Å². The third-order valence-corrected chi connectivity index (χ3v) is 9.73. The van der Waals surface area contributed by atoms with Crippen molar-refractivity contribution in [3.05, 3.63) is 64.7 Å². The molecule has 2 aromatic rings. The second-order valence-electron chi connectivity index (χ2n) is 12.0. The van der Waals surface area contributed by atoms with E-state index in [4.69, 9.17) is 16.3 Å². The summed E-state index contributed by atoms with van der Waals surface area (Å²) < 4.78 is 6.05. The minimum absolute atomic E-state index is 0.0607. The van der Waals surface area contributed by atoms with Crippen LogP contribution in [0, 0.1) is 5.92 Å². The Morgan fingerprint density at radius 2 is 1.66 bits per heavy atom. The minimum Gasteiger partial charge on any atom is -0.368 e. The van der Waals surface area contributed by atoms with Crippen LogP contribution in [0.15, 0.2) is 48.5 Å². The number of rotatable bonds is 17. The second-order valence-corrected chi connectivity index (χ2v) is 12.9. The third kappa shape index (κ3) is 9.72. The number of benzene rings is 2. The number of nitrogens with zero attached hydrogens (tertiary/aromatic N) is 1. The lowest BCUT2D eigenvalue weighted by molar-refractivity contribution is -0.154. The molecular weight excluding hydrogens is 552 g/mol. The summed E-state index contributed by atoms with van der Waals surface area (Å²) in [4.78, 5) is 14.8. The Hall–Kier alpha value is -1.57. The Bertz CT molecular complexity index is 1050. The number of hydrogen-bond donors (Lipinski definition) is 3. The molecule has 2 fully saturated rings. The minimum atomic E-state index is -0.802. The van der Waals surface area contributed by atoms with Gasteiger partial charge in [-0.3, -0.25) is 9.69 Å². The van der Waals surface area contributed by atoms with Gasteiger partial charge in [0.25, 0.3) is 0 Å². The SMILES string of the molecule is CN1[C@@H]2CC[C@H]1C(c1ccc(Cl)cc1)C(C(O)OCCc1ccc(NC(=O)CCCCCCCCCCS)cc1)C2. The van der Waals surface area contributed by atoms with Gasteiger partial charge in [-0.05, 0) is 86.7 Å². The standard InChI is InChI=1S/C34H49ClN2O3S/c1-37-29-19-20-31(37)33(26-13-15-27(35)16-14-26)30(24-29)34(39)40-22-21-25-11-17-28(18-12-25)36-32(38)10-8-6-4-2-3-5-7-9-23-41/h11-18,29-31,33-34,39,41H,2-10,19-24H2,1H3,(H,36,38)/t29-,30?,31+,33?,34?/m1/s1. The van der Waals surface area contributed by atoms with Gasteiger partial charge < -0.3 is 15.2 Å². The van der Waals surface area contributed by atoms with Crippen molar-refractivity contribution >= 4 is 35.8 Å². The van der Waals surface area contributed by atoms with E-state index in [1.165, 1.54) is 50.5 Å². The fourth-order valence-electron chi connectivity index (χ4n) is 6.81. The highest BCUT2D eigenvalue weighted by Crippen LogP contribution is 2.48. The number of ether oxygens (including phenoxy) is 1. The van der Waals surface area contributed by atoms with Gasteiger partial charge >= 0.3 is 0 Å². The highest BCUT2D eigenvalue weighted by molar-refractivity contribution is 7.80. The van der Waals surface area contributed by atoms with Crippen molar-refractivity contribution in [2.75, 3.05) is 24.7 Å². The lowest BCUT2D eigenvalue weighted by Crippen LogP contribution is -2.49. The van der Waals surface area contributed by atoms with Crippen LogP contribution in [0.5, 0.6) is 0 Å². The smallest absolute Gasteiger partial charge is 0.224 e. The van der Waals surface area contributed by atoms with Crippen molar-refractivity contribution in [2.24, 2.45) is 5.92 Å². The number of aliphatic hydroxyl groups is 1. The molecule has 2 heterocycles. The average molecular weight is 601 g/mol. The molecule has 4 rings (SSSR count). The van der Waals surface area contributed by atoms with E-state index in [0.29, 0.717) is 31.5 Å². The van der Waals surface area contributed by atoms with Crippen molar-refractivity contribution in [1.29, 1.82) is 0 Å². The molecule has 1 amide bonds. The van der Waals surface area contributed by atoms with E-state index in [9.17, 15) is 9.90 Å². The molecule has 5 atom stereocenters. The Labute approximate surface area is 257 Å². The molecule has 2 aliphatic rings. The Kier molecular flexibility index (Phi) is 13.3. The highest BCUT2D eigenvalue weighted by Gasteiger charge is 2.48. The molecule has 226 valence electrons. The molecule has 0 aromatic heterocycles. The Balaban J connectivity index is 1.17. The Morgan fingerprint density at radius 3 is 2.34 bits per heavy atom. The monoisotopic (exact) mass is 600 g/mol. The largest absolute Gasteiger partial charge is 0.368 e. The summed E-state index contributed by atoms with van der Waals surface area (Å²) in [6.07, 6.45) is 13.4. The van der Waals surface area contributed by atoms with Gasteiger partial charge in [-0.25, -0.2) is 0 Å². The molecule has 2 aromatic carbocycles. The first-order valence-corrected chi connectivity index (χ1v) is 16.7. The van der Waals surface area contributed by atoms with E-state index in [0.717, 1.165) is 47.7 Å². The number of carbonyl (C=O) groups excluding carboxylic acids is 1. The molecule has 0 spiro atoms. The van der Waals surface area contributed by atoms with Crippen LogP contribution in [0.1, 0.15) is 94.1 Å². The van der Waals surface area contributed by atoms with E-state index in [1.54, 1.807) is 0 Å². The van der Waals surface area contributed by atoms with Crippen molar-refractivity contribution in [3.63, 3.8) is 0 Å². The maximum Gasteiger partial charge on any atom is 0.224 e. The van der Waals surface area contributed by atoms with Gasteiger partial charge in [0.2, 0.25) is 5.91 Å². The maximum atomic E-state index is 12.3. The van der Waals surface area contributed by atoms with Gasteiger partial charge in [0.05, 0.1) is 6.61 Å². The van der Waals surface area contributed by atoms with Gasteiger partial charge in [0.15, 0.2) is 6.29 Å². The van der Waals surface area contributed by atoms with Crippen LogP contribution >= 0.6 is 24.2 Å². The highest BCUT2D eigenvalue weighted by atomic mass is 35.5. The van der Waals surface area contributed by atoms with Gasteiger partial charge in [-0.15, -0.1) is 0 Å². The summed E-state index contributed by atoms with van der Waals surface area (Å²) in [6.45, 7) is 0.455. The van der Waals surface area contributed by atoms with Crippen LogP contribution in [0.2, 0.25) is 5.02 Å². The number of hydrogen-bond acceptors (Lipinski definition) is 5. The quantitative estimate of drug-likeness (QED) is 0.0982. The summed E-state index contributed by atoms with van der Waals surface area (Å²) >= 11 is 10.4. The molecule has 0 saturated carbocycles. The van der Waals surface area contributed by atoms with Crippen LogP contribution in [-0.2, 0) is 16.0 Å². The number of halogens is 1. The second kappa shape index (κ2) is 16.9. The zero-order valence-corrected chi connectivity index (χ0v) is 26.3. The fourth-order valence-corrected chi connectivity index (χ4v) is 7.16. The molecule has 5 nitrogen and oxygen atoms in total. The lowest BCUT2D eigenvalue weighted by Gasteiger charge is -2.44. The number of nitrogens with one attached hydrogen (secondary N) is 1. The molecule has 2 bridgehead atoms. The summed E-state index contributed by atoms with van der Waals surface area (Å²) in [5.74, 6) is 1.36. The maximum absolute atomic E-state index is 12.3. The van der Waals surface area contributed by atoms with Crippen molar-refractivity contribution in [2.45, 2.75) is 108 Å². The third-order valence-electron chi connectivity index (χ3n) is 9.16. The predicted octanol–water partition coefficient (Wildman–Crippen LogP) is 7.86. The molecule has 41 heavy (non-hydrogen) atoms. The fraction of sp³-hybridized carbons (Fsp3) is 0.618. The predicted molar refractivity (Wildman–Crippen MR) is 173 cm³/mol. The number of unbranched alkanes of at least 4 members (excludes halogenated alkanes) is 7. The number of piperidine rings is 1. The van der Waals surface area contributed by atoms with E-state index in [1.807, 2.05) is 36.4 Å². The number of carbonyl (C=O) groups is 1. The van der Waals surface area contributed by atoms with Gasteiger partial charge in [-0.1, -0.05) is 74.4 Å². The molecule has 3 unspecified atom stereocenters. The van der Waals surface area contributed by atoms with Gasteiger partial charge in [0, 0.05) is 41.1 Å². The molecule has 2 saturated heterocycles. The molecule has 0 aliphatic carbocycles. The van der Waals surface area contributed by atoms with E-state index in [2.05, 4.69) is 42.0 Å². The normalized spacial score (nSPS) is 23.0. The van der Waals surface area contributed by atoms with E-state index in [-0.39, 0.29) is 17.7 Å². The summed E-state index contributed by atoms with van der Waals surface area (Å²) in [6, 6.07) is 17.0. The number of thiol groups is 1. The number of fused-ring (bicyclic) bond motifs is 2. The van der Waals surface area contributed by atoms with Crippen LogP contribution in [-0.4, -0.2) is 53.7 Å². The molecule has 2 aliphatic heterocycles. The lowest BCUT2D eigenvalue weighted by atomic mass is 9.75. The van der Waals surface area contributed by atoms with Crippen molar-refractivity contribution < 1.29 is 14.6 Å². The average Bonchev–Trinajstić information content (AvgIpc) is 3.19. The first-order chi connectivity index (χ1) is 20.0. The summed E-state index contributed by atoms with van der Waals surface area (Å²) in [5.41, 5.74) is 3.19. The zero-order chi connectivity index (χ0) is 29.0. The topological polar surface area (TPSA) is 61.8 Å². The summed E-state index contributed by atoms with van der Waals surface area (Å²) in [5, 5.41) is 14.9. The van der Waals surface area contributed by atoms with E-state index < -0.39 is 6.29 Å². The number of likely N-dealkylation sites (N-methyl/N-ethyl adjacent to an activating group) is 1. The molecule has 2 N–H and O–H groups in total. The van der Waals surface area contributed by atoms with Crippen LogP contribution in [0.3, 0.4) is 0 Å². The van der Waals surface area contributed by atoms with Crippen LogP contribution in [0.25, 0.3) is 0 Å². The van der Waals surface area contributed by atoms with Gasteiger partial charge in [0.1, 0.15) is 0 Å².